The fourth-order valence-corrected chi connectivity index (χ4v) is 4.16. The molecule has 1 N–H and O–H groups in total. The molecular weight excluding hydrogens is 328 g/mol. The molecule has 0 spiro atoms. The van der Waals surface area contributed by atoms with Crippen LogP contribution >= 0.6 is 0 Å². The lowest BCUT2D eigenvalue weighted by Crippen LogP contribution is -2.28. The van der Waals surface area contributed by atoms with E-state index in [-0.39, 0.29) is 16.9 Å². The van der Waals surface area contributed by atoms with E-state index in [1.54, 1.807) is 0 Å². The van der Waals surface area contributed by atoms with Crippen LogP contribution in [0.1, 0.15) is 41.9 Å². The van der Waals surface area contributed by atoms with Crippen LogP contribution in [0.2, 0.25) is 0 Å². The summed E-state index contributed by atoms with van der Waals surface area (Å²) in [5.41, 5.74) is 0.960. The Morgan fingerprint density at radius 1 is 1.12 bits per heavy atom. The summed E-state index contributed by atoms with van der Waals surface area (Å²) in [6.07, 6.45) is 1.70. The molecular formula is C17H20N2O4S. The van der Waals surface area contributed by atoms with Crippen LogP contribution in [0, 0.1) is 0 Å². The van der Waals surface area contributed by atoms with E-state index >= 15 is 0 Å². The Kier molecular flexibility index (Phi) is 4.73. The second-order valence-corrected chi connectivity index (χ2v) is 7.70. The lowest BCUT2D eigenvalue weighted by Gasteiger charge is -2.14. The van der Waals surface area contributed by atoms with E-state index in [4.69, 9.17) is 4.42 Å². The first-order valence-electron chi connectivity index (χ1n) is 7.94. The molecule has 7 heteroatoms. The highest BCUT2D eigenvalue weighted by molar-refractivity contribution is 7.89. The van der Waals surface area contributed by atoms with Crippen molar-refractivity contribution < 1.29 is 17.6 Å². The van der Waals surface area contributed by atoms with Gasteiger partial charge in [0.15, 0.2) is 5.76 Å². The van der Waals surface area contributed by atoms with Gasteiger partial charge in [0.1, 0.15) is 0 Å². The molecule has 3 rings (SSSR count). The van der Waals surface area contributed by atoms with Crippen LogP contribution in [0.25, 0.3) is 0 Å². The highest BCUT2D eigenvalue weighted by Crippen LogP contribution is 2.23. The van der Waals surface area contributed by atoms with E-state index in [2.05, 4.69) is 5.32 Å². The average molecular weight is 348 g/mol. The maximum Gasteiger partial charge on any atom is 0.287 e. The number of benzene rings is 1. The Hall–Kier alpha value is -2.12. The average Bonchev–Trinajstić information content (AvgIpc) is 3.27. The summed E-state index contributed by atoms with van der Waals surface area (Å²) in [5.74, 6) is -0.440. The third kappa shape index (κ3) is 3.37. The van der Waals surface area contributed by atoms with Gasteiger partial charge in [0, 0.05) is 13.1 Å². The first-order valence-corrected chi connectivity index (χ1v) is 9.38. The molecule has 0 bridgehead atoms. The minimum Gasteiger partial charge on any atom is -0.438 e. The van der Waals surface area contributed by atoms with Crippen LogP contribution < -0.4 is 5.32 Å². The number of hydrogen-bond acceptors (Lipinski definition) is 4. The molecule has 0 unspecified atom stereocenters. The smallest absolute Gasteiger partial charge is 0.287 e. The molecule has 1 amide bonds. The minimum absolute atomic E-state index is 0.00412. The van der Waals surface area contributed by atoms with Crippen molar-refractivity contribution in [3.05, 3.63) is 53.8 Å². The number of sulfonamides is 1. The maximum atomic E-state index is 12.4. The molecule has 1 atom stereocenters. The Balaban J connectivity index is 1.72. The van der Waals surface area contributed by atoms with E-state index in [0.717, 1.165) is 18.4 Å². The van der Waals surface area contributed by atoms with Crippen LogP contribution in [0.15, 0.2) is 52.0 Å². The van der Waals surface area contributed by atoms with Crippen LogP contribution in [-0.4, -0.2) is 31.7 Å². The molecule has 1 aliphatic rings. The number of amides is 1. The number of rotatable bonds is 5. The van der Waals surface area contributed by atoms with E-state index in [0.29, 0.717) is 13.1 Å². The molecule has 0 aliphatic carbocycles. The molecule has 2 heterocycles. The monoisotopic (exact) mass is 348 g/mol. The fourth-order valence-electron chi connectivity index (χ4n) is 2.73. The highest BCUT2D eigenvalue weighted by atomic mass is 32.2. The van der Waals surface area contributed by atoms with Gasteiger partial charge in [-0.05, 0) is 37.5 Å². The molecule has 0 saturated carbocycles. The zero-order chi connectivity index (χ0) is 17.2. The molecule has 1 aliphatic heterocycles. The molecule has 1 aromatic heterocycles. The van der Waals surface area contributed by atoms with Crippen molar-refractivity contribution in [1.29, 1.82) is 0 Å². The normalized spacial score (nSPS) is 16.9. The number of hydrogen-bond donors (Lipinski definition) is 1. The lowest BCUT2D eigenvalue weighted by atomic mass is 10.1. The second-order valence-electron chi connectivity index (χ2n) is 5.84. The van der Waals surface area contributed by atoms with Crippen LogP contribution in [-0.2, 0) is 10.0 Å². The minimum atomic E-state index is -3.65. The summed E-state index contributed by atoms with van der Waals surface area (Å²) in [4.78, 5) is 12.3. The number of carbonyl (C=O) groups excluding carboxylic acids is 1. The first kappa shape index (κ1) is 16.7. The predicted octanol–water partition coefficient (Wildman–Crippen LogP) is 2.56. The third-order valence-corrected chi connectivity index (χ3v) is 5.88. The maximum absolute atomic E-state index is 12.4. The number of carbonyl (C=O) groups is 1. The van der Waals surface area contributed by atoms with Gasteiger partial charge in [0.05, 0.1) is 6.04 Å². The van der Waals surface area contributed by atoms with Gasteiger partial charge in [0.2, 0.25) is 5.09 Å². The first-order chi connectivity index (χ1) is 11.5. The second kappa shape index (κ2) is 6.78. The summed E-state index contributed by atoms with van der Waals surface area (Å²) in [6, 6.07) is 12.1. The zero-order valence-corrected chi connectivity index (χ0v) is 14.3. The summed E-state index contributed by atoms with van der Waals surface area (Å²) >= 11 is 0. The van der Waals surface area contributed by atoms with Gasteiger partial charge in [-0.2, -0.15) is 4.31 Å². The van der Waals surface area contributed by atoms with Crippen molar-refractivity contribution in [3.63, 3.8) is 0 Å². The molecule has 1 fully saturated rings. The molecule has 0 radical (unpaired) electrons. The van der Waals surface area contributed by atoms with Gasteiger partial charge >= 0.3 is 0 Å². The van der Waals surface area contributed by atoms with Crippen molar-refractivity contribution >= 4 is 15.9 Å². The van der Waals surface area contributed by atoms with Gasteiger partial charge < -0.3 is 9.73 Å². The van der Waals surface area contributed by atoms with E-state index in [1.807, 2.05) is 37.3 Å². The van der Waals surface area contributed by atoms with Gasteiger partial charge in [0.25, 0.3) is 15.9 Å². The lowest BCUT2D eigenvalue weighted by molar-refractivity contribution is 0.0906. The highest BCUT2D eigenvalue weighted by Gasteiger charge is 2.30. The fraction of sp³-hybridized carbons (Fsp3) is 0.353. The standard InChI is InChI=1S/C17H20N2O4S/c1-13(14-7-3-2-4-8-14)18-17(20)15-9-10-16(23-15)24(21,22)19-11-5-6-12-19/h2-4,7-10,13H,5-6,11-12H2,1H3,(H,18,20)/t13-/m0/s1. The number of nitrogens with one attached hydrogen (secondary N) is 1. The van der Waals surface area contributed by atoms with Crippen molar-refractivity contribution in [2.75, 3.05) is 13.1 Å². The van der Waals surface area contributed by atoms with Crippen molar-refractivity contribution in [2.45, 2.75) is 30.9 Å². The van der Waals surface area contributed by atoms with Crippen LogP contribution in [0.5, 0.6) is 0 Å². The van der Waals surface area contributed by atoms with Crippen LogP contribution in [0.3, 0.4) is 0 Å². The number of nitrogens with zero attached hydrogens (tertiary/aromatic N) is 1. The molecule has 1 aromatic carbocycles. The SMILES string of the molecule is C[C@H](NC(=O)c1ccc(S(=O)(=O)N2CCCC2)o1)c1ccccc1. The van der Waals surface area contributed by atoms with E-state index < -0.39 is 15.9 Å². The quantitative estimate of drug-likeness (QED) is 0.900. The Morgan fingerprint density at radius 3 is 2.46 bits per heavy atom. The van der Waals surface area contributed by atoms with Gasteiger partial charge in [-0.1, -0.05) is 30.3 Å². The Labute approximate surface area is 141 Å². The summed E-state index contributed by atoms with van der Waals surface area (Å²) < 4.78 is 31.5. The van der Waals surface area contributed by atoms with Crippen LogP contribution in [0.4, 0.5) is 0 Å². The van der Waals surface area contributed by atoms with Crippen molar-refractivity contribution in [1.82, 2.24) is 9.62 Å². The molecule has 1 saturated heterocycles. The van der Waals surface area contributed by atoms with Crippen molar-refractivity contribution in [3.8, 4) is 0 Å². The zero-order valence-electron chi connectivity index (χ0n) is 13.4. The van der Waals surface area contributed by atoms with Gasteiger partial charge in [-0.25, -0.2) is 8.42 Å². The van der Waals surface area contributed by atoms with E-state index in [9.17, 15) is 13.2 Å². The Bertz CT molecular complexity index is 808. The predicted molar refractivity (Wildman–Crippen MR) is 89.0 cm³/mol. The molecule has 24 heavy (non-hydrogen) atoms. The molecule has 6 nitrogen and oxygen atoms in total. The van der Waals surface area contributed by atoms with Gasteiger partial charge in [-0.15, -0.1) is 0 Å². The number of furan rings is 1. The summed E-state index contributed by atoms with van der Waals surface area (Å²) in [5, 5.41) is 2.63. The summed E-state index contributed by atoms with van der Waals surface area (Å²) in [7, 11) is -3.65. The summed E-state index contributed by atoms with van der Waals surface area (Å²) in [6.45, 7) is 2.85. The van der Waals surface area contributed by atoms with E-state index in [1.165, 1.54) is 16.4 Å². The molecule has 2 aromatic rings. The largest absolute Gasteiger partial charge is 0.438 e. The Morgan fingerprint density at radius 2 is 1.79 bits per heavy atom. The third-order valence-electron chi connectivity index (χ3n) is 4.11. The topological polar surface area (TPSA) is 79.6 Å². The molecule has 128 valence electrons. The van der Waals surface area contributed by atoms with Gasteiger partial charge in [-0.3, -0.25) is 4.79 Å². The van der Waals surface area contributed by atoms with Crippen molar-refractivity contribution in [2.24, 2.45) is 0 Å².